The van der Waals surface area contributed by atoms with Crippen molar-refractivity contribution in [2.24, 2.45) is 0 Å². The number of rotatable bonds is 0. The molecular formula is C13H17NO. The fourth-order valence-corrected chi connectivity index (χ4v) is 2.78. The molecular weight excluding hydrogens is 186 g/mol. The van der Waals surface area contributed by atoms with Crippen LogP contribution in [0.2, 0.25) is 0 Å². The van der Waals surface area contributed by atoms with E-state index in [-0.39, 0.29) is 0 Å². The van der Waals surface area contributed by atoms with Crippen molar-refractivity contribution in [2.75, 3.05) is 19.7 Å². The van der Waals surface area contributed by atoms with E-state index in [1.54, 1.807) is 0 Å². The van der Waals surface area contributed by atoms with Gasteiger partial charge in [-0.2, -0.15) is 0 Å². The molecule has 0 radical (unpaired) electrons. The third kappa shape index (κ3) is 1.48. The lowest BCUT2D eigenvalue weighted by Gasteiger charge is -2.27. The van der Waals surface area contributed by atoms with Gasteiger partial charge >= 0.3 is 0 Å². The third-order valence-electron chi connectivity index (χ3n) is 3.58. The molecule has 2 heteroatoms. The van der Waals surface area contributed by atoms with Crippen molar-refractivity contribution < 1.29 is 4.74 Å². The molecule has 2 aliphatic heterocycles. The SMILES string of the molecule is Cc1ccc2c3c1CCNCC3OCC2. The zero-order valence-corrected chi connectivity index (χ0v) is 9.18. The van der Waals surface area contributed by atoms with Crippen molar-refractivity contribution in [3.05, 3.63) is 34.4 Å². The first-order valence-corrected chi connectivity index (χ1v) is 5.80. The highest BCUT2D eigenvalue weighted by Crippen LogP contribution is 2.33. The molecule has 1 atom stereocenters. The van der Waals surface area contributed by atoms with Crippen LogP contribution in [-0.2, 0) is 17.6 Å². The topological polar surface area (TPSA) is 21.3 Å². The number of hydrogen-bond donors (Lipinski definition) is 1. The fraction of sp³-hybridized carbons (Fsp3) is 0.538. The van der Waals surface area contributed by atoms with Crippen LogP contribution < -0.4 is 5.32 Å². The maximum atomic E-state index is 5.86. The van der Waals surface area contributed by atoms with Gasteiger partial charge in [0.25, 0.3) is 0 Å². The molecule has 0 fully saturated rings. The molecule has 1 N–H and O–H groups in total. The number of aryl methyl sites for hydroxylation is 1. The molecule has 1 aromatic carbocycles. The van der Waals surface area contributed by atoms with Crippen LogP contribution in [0.3, 0.4) is 0 Å². The van der Waals surface area contributed by atoms with E-state index < -0.39 is 0 Å². The van der Waals surface area contributed by atoms with Crippen molar-refractivity contribution in [1.29, 1.82) is 0 Å². The summed E-state index contributed by atoms with van der Waals surface area (Å²) in [7, 11) is 0. The Hall–Kier alpha value is -0.860. The predicted molar refractivity (Wildman–Crippen MR) is 60.1 cm³/mol. The Labute approximate surface area is 90.6 Å². The number of nitrogens with one attached hydrogen (secondary N) is 1. The molecule has 3 rings (SSSR count). The molecule has 0 saturated carbocycles. The van der Waals surface area contributed by atoms with Crippen molar-refractivity contribution in [3.63, 3.8) is 0 Å². The summed E-state index contributed by atoms with van der Waals surface area (Å²) in [4.78, 5) is 0. The molecule has 1 unspecified atom stereocenters. The highest BCUT2D eigenvalue weighted by Gasteiger charge is 2.26. The van der Waals surface area contributed by atoms with Crippen molar-refractivity contribution in [3.8, 4) is 0 Å². The summed E-state index contributed by atoms with van der Waals surface area (Å²) < 4.78 is 5.86. The Morgan fingerprint density at radius 1 is 1.33 bits per heavy atom. The van der Waals surface area contributed by atoms with Crippen molar-refractivity contribution in [2.45, 2.75) is 25.9 Å². The monoisotopic (exact) mass is 203 g/mol. The summed E-state index contributed by atoms with van der Waals surface area (Å²) in [6.45, 7) is 5.15. The van der Waals surface area contributed by atoms with Gasteiger partial charge in [-0.1, -0.05) is 12.1 Å². The maximum Gasteiger partial charge on any atom is 0.0954 e. The van der Waals surface area contributed by atoms with E-state index >= 15 is 0 Å². The van der Waals surface area contributed by atoms with Crippen molar-refractivity contribution >= 4 is 0 Å². The van der Waals surface area contributed by atoms with Crippen LogP contribution in [0, 0.1) is 6.92 Å². The van der Waals surface area contributed by atoms with Gasteiger partial charge in [-0.05, 0) is 48.6 Å². The molecule has 0 amide bonds. The molecule has 2 heterocycles. The van der Waals surface area contributed by atoms with Gasteiger partial charge in [-0.25, -0.2) is 0 Å². The summed E-state index contributed by atoms with van der Waals surface area (Å²) in [5.74, 6) is 0. The normalized spacial score (nSPS) is 24.5. The minimum absolute atomic E-state index is 0.297. The van der Waals surface area contributed by atoms with Gasteiger partial charge < -0.3 is 10.1 Å². The van der Waals surface area contributed by atoms with E-state index in [1.807, 2.05) is 0 Å². The number of benzene rings is 1. The summed E-state index contributed by atoms with van der Waals surface area (Å²) in [6.07, 6.45) is 2.53. The average molecular weight is 203 g/mol. The second kappa shape index (κ2) is 3.62. The molecule has 2 aliphatic rings. The van der Waals surface area contributed by atoms with Crippen LogP contribution in [0.15, 0.2) is 12.1 Å². The number of ether oxygens (including phenoxy) is 1. The van der Waals surface area contributed by atoms with Gasteiger partial charge in [-0.15, -0.1) is 0 Å². The quantitative estimate of drug-likeness (QED) is 0.693. The highest BCUT2D eigenvalue weighted by molar-refractivity contribution is 5.44. The molecule has 2 nitrogen and oxygen atoms in total. The smallest absolute Gasteiger partial charge is 0.0954 e. The van der Waals surface area contributed by atoms with Crippen LogP contribution in [0.5, 0.6) is 0 Å². The largest absolute Gasteiger partial charge is 0.372 e. The van der Waals surface area contributed by atoms with E-state index in [0.717, 1.165) is 32.5 Å². The molecule has 0 aliphatic carbocycles. The first-order chi connectivity index (χ1) is 7.36. The first kappa shape index (κ1) is 9.37. The second-order valence-electron chi connectivity index (χ2n) is 4.50. The van der Waals surface area contributed by atoms with Crippen LogP contribution in [0.1, 0.15) is 28.4 Å². The van der Waals surface area contributed by atoms with E-state index in [1.165, 1.54) is 22.3 Å². The molecule has 0 aromatic heterocycles. The summed E-state index contributed by atoms with van der Waals surface area (Å²) >= 11 is 0. The lowest BCUT2D eigenvalue weighted by atomic mass is 9.89. The van der Waals surface area contributed by atoms with Gasteiger partial charge in [0, 0.05) is 6.54 Å². The lowest BCUT2D eigenvalue weighted by Crippen LogP contribution is -2.25. The van der Waals surface area contributed by atoms with Gasteiger partial charge in [0.05, 0.1) is 12.7 Å². The zero-order chi connectivity index (χ0) is 10.3. The van der Waals surface area contributed by atoms with E-state index in [2.05, 4.69) is 24.4 Å². The molecule has 15 heavy (non-hydrogen) atoms. The molecule has 1 aromatic rings. The molecule has 0 spiro atoms. The van der Waals surface area contributed by atoms with E-state index in [9.17, 15) is 0 Å². The molecule has 80 valence electrons. The van der Waals surface area contributed by atoms with E-state index in [4.69, 9.17) is 4.74 Å². The molecule has 0 saturated heterocycles. The van der Waals surface area contributed by atoms with Gasteiger partial charge in [0.1, 0.15) is 0 Å². The second-order valence-corrected chi connectivity index (χ2v) is 4.50. The fourth-order valence-electron chi connectivity index (χ4n) is 2.78. The molecule has 0 bridgehead atoms. The van der Waals surface area contributed by atoms with Crippen molar-refractivity contribution in [1.82, 2.24) is 5.32 Å². The van der Waals surface area contributed by atoms with Crippen LogP contribution in [-0.4, -0.2) is 19.7 Å². The Morgan fingerprint density at radius 3 is 3.20 bits per heavy atom. The Balaban J connectivity index is 2.19. The summed E-state index contributed by atoms with van der Waals surface area (Å²) in [5, 5.41) is 3.46. The van der Waals surface area contributed by atoms with Gasteiger partial charge in [0.15, 0.2) is 0 Å². The summed E-state index contributed by atoms with van der Waals surface area (Å²) in [6, 6.07) is 4.55. The summed E-state index contributed by atoms with van der Waals surface area (Å²) in [5.41, 5.74) is 5.96. The number of hydrogen-bond acceptors (Lipinski definition) is 2. The Kier molecular flexibility index (Phi) is 2.26. The lowest BCUT2D eigenvalue weighted by molar-refractivity contribution is 0.0441. The van der Waals surface area contributed by atoms with Gasteiger partial charge in [-0.3, -0.25) is 0 Å². The minimum atomic E-state index is 0.297. The van der Waals surface area contributed by atoms with Crippen LogP contribution >= 0.6 is 0 Å². The van der Waals surface area contributed by atoms with Crippen LogP contribution in [0.25, 0.3) is 0 Å². The average Bonchev–Trinajstić information content (AvgIpc) is 2.48. The predicted octanol–water partition coefficient (Wildman–Crippen LogP) is 1.75. The third-order valence-corrected chi connectivity index (χ3v) is 3.58. The van der Waals surface area contributed by atoms with E-state index in [0.29, 0.717) is 6.10 Å². The highest BCUT2D eigenvalue weighted by atomic mass is 16.5. The maximum absolute atomic E-state index is 5.86. The van der Waals surface area contributed by atoms with Gasteiger partial charge in [0.2, 0.25) is 0 Å². The van der Waals surface area contributed by atoms with Crippen LogP contribution in [0.4, 0.5) is 0 Å². The zero-order valence-electron chi connectivity index (χ0n) is 9.18. The minimum Gasteiger partial charge on any atom is -0.372 e. The standard InChI is InChI=1S/C13H17NO/c1-9-2-3-10-5-7-15-12-8-14-6-4-11(9)13(10)12/h2-3,12,14H,4-8H2,1H3. The first-order valence-electron chi connectivity index (χ1n) is 5.80. The Morgan fingerprint density at radius 2 is 2.27 bits per heavy atom. The Bertz CT molecular complexity index is 386.